The lowest BCUT2D eigenvalue weighted by Gasteiger charge is -2.43. The smallest absolute Gasteiger partial charge is 0.261 e. The Labute approximate surface area is 219 Å². The van der Waals surface area contributed by atoms with Crippen LogP contribution in [-0.2, 0) is 9.22 Å². The number of carbonyl (C=O) groups is 1. The predicted octanol–water partition coefficient (Wildman–Crippen LogP) is 5.07. The summed E-state index contributed by atoms with van der Waals surface area (Å²) in [6, 6.07) is 32.5. The van der Waals surface area contributed by atoms with Gasteiger partial charge in [0.25, 0.3) is 8.32 Å². The lowest BCUT2D eigenvalue weighted by atomic mass is 10.0. The molecule has 0 radical (unpaired) electrons. The van der Waals surface area contributed by atoms with E-state index in [9.17, 15) is 4.79 Å². The first-order valence-corrected chi connectivity index (χ1v) is 18.2. The normalized spacial score (nSPS) is 20.8. The van der Waals surface area contributed by atoms with Crippen LogP contribution in [0.15, 0.2) is 91.0 Å². The highest BCUT2D eigenvalue weighted by Gasteiger charge is 2.52. The Kier molecular flexibility index (Phi) is 7.74. The van der Waals surface area contributed by atoms with Crippen molar-refractivity contribution in [2.75, 3.05) is 6.61 Å². The van der Waals surface area contributed by atoms with Crippen LogP contribution in [-0.4, -0.2) is 34.9 Å². The van der Waals surface area contributed by atoms with E-state index in [1.807, 2.05) is 0 Å². The van der Waals surface area contributed by atoms with Crippen molar-refractivity contribution in [2.45, 2.75) is 63.8 Å². The first kappa shape index (κ1) is 26.6. The molecule has 0 saturated carbocycles. The average Bonchev–Trinajstić information content (AvgIpc) is 3.16. The van der Waals surface area contributed by atoms with Crippen LogP contribution in [0.2, 0.25) is 23.7 Å². The highest BCUT2D eigenvalue weighted by molar-refractivity contribution is 6.99. The molecule has 1 amide bonds. The van der Waals surface area contributed by atoms with Crippen LogP contribution in [0.3, 0.4) is 0 Å². The third kappa shape index (κ3) is 4.89. The second-order valence-corrected chi connectivity index (χ2v) is 20.8. The van der Waals surface area contributed by atoms with Crippen LogP contribution in [0.25, 0.3) is 0 Å². The van der Waals surface area contributed by atoms with Gasteiger partial charge >= 0.3 is 0 Å². The van der Waals surface area contributed by atoms with Gasteiger partial charge in [-0.2, -0.15) is 0 Å². The van der Waals surface area contributed by atoms with Crippen molar-refractivity contribution in [3.8, 4) is 0 Å². The van der Waals surface area contributed by atoms with Crippen molar-refractivity contribution in [3.63, 3.8) is 0 Å². The molecule has 4 rings (SSSR count). The van der Waals surface area contributed by atoms with Gasteiger partial charge in [-0.05, 0) is 27.4 Å². The van der Waals surface area contributed by atoms with Gasteiger partial charge in [-0.25, -0.2) is 0 Å². The van der Waals surface area contributed by atoms with Crippen LogP contribution < -0.4 is 20.9 Å². The highest BCUT2D eigenvalue weighted by Crippen LogP contribution is 2.40. The van der Waals surface area contributed by atoms with Gasteiger partial charge in [0.15, 0.2) is 0 Å². The summed E-state index contributed by atoms with van der Waals surface area (Å²) < 4.78 is 7.17. The van der Waals surface area contributed by atoms with Crippen LogP contribution in [0.5, 0.6) is 0 Å². The minimum absolute atomic E-state index is 0.0183. The summed E-state index contributed by atoms with van der Waals surface area (Å²) >= 11 is 0. The van der Waals surface area contributed by atoms with Gasteiger partial charge in [-0.1, -0.05) is 137 Å². The number of nitrogens with one attached hydrogen (secondary N) is 1. The minimum Gasteiger partial charge on any atom is -0.407 e. The van der Waals surface area contributed by atoms with Gasteiger partial charge in [0.2, 0.25) is 5.91 Å². The second kappa shape index (κ2) is 10.5. The Balaban J connectivity index is 1.64. The molecule has 3 atom stereocenters. The van der Waals surface area contributed by atoms with Crippen molar-refractivity contribution in [3.05, 3.63) is 91.0 Å². The summed E-state index contributed by atoms with van der Waals surface area (Å²) in [6.45, 7) is 14.5. The van der Waals surface area contributed by atoms with Gasteiger partial charge < -0.3 is 9.74 Å². The zero-order valence-corrected chi connectivity index (χ0v) is 24.6. The maximum atomic E-state index is 12.9. The van der Waals surface area contributed by atoms with E-state index < -0.39 is 16.4 Å². The Bertz CT molecular complexity index is 1100. The maximum Gasteiger partial charge on any atom is 0.261 e. The predicted molar refractivity (Wildman–Crippen MR) is 157 cm³/mol. The van der Waals surface area contributed by atoms with E-state index in [4.69, 9.17) is 4.43 Å². The number of carbonyl (C=O) groups excluding carboxylic acids is 1. The van der Waals surface area contributed by atoms with Crippen LogP contribution >= 0.6 is 0 Å². The van der Waals surface area contributed by atoms with Crippen molar-refractivity contribution >= 4 is 37.9 Å². The largest absolute Gasteiger partial charge is 0.407 e. The Morgan fingerprint density at radius 3 is 1.67 bits per heavy atom. The molecular weight excluding hydrogens is 475 g/mol. The number of benzene rings is 3. The van der Waals surface area contributed by atoms with Crippen molar-refractivity contribution in [1.82, 2.24) is 5.32 Å². The average molecular weight is 516 g/mol. The van der Waals surface area contributed by atoms with E-state index in [2.05, 4.69) is 137 Å². The van der Waals surface area contributed by atoms with Crippen molar-refractivity contribution in [1.29, 1.82) is 0 Å². The SMILES string of the molecule is C[C@H]1C(=O)N[C@H](CCO[Si](c2ccccc2)(c2ccccc2)C(C)(C)C)[C@H]1[Si](C)(C)c1ccccc1. The molecule has 0 aliphatic carbocycles. The van der Waals surface area contributed by atoms with Gasteiger partial charge in [0.1, 0.15) is 0 Å². The summed E-state index contributed by atoms with van der Waals surface area (Å²) in [4.78, 5) is 12.9. The fraction of sp³-hybridized carbons (Fsp3) is 0.387. The van der Waals surface area contributed by atoms with E-state index in [1.165, 1.54) is 15.6 Å². The molecule has 36 heavy (non-hydrogen) atoms. The van der Waals surface area contributed by atoms with E-state index in [1.54, 1.807) is 0 Å². The van der Waals surface area contributed by atoms with Gasteiger partial charge in [-0.15, -0.1) is 0 Å². The van der Waals surface area contributed by atoms with Gasteiger partial charge in [0.05, 0.1) is 8.07 Å². The molecule has 0 spiro atoms. The Hall–Kier alpha value is -2.48. The molecule has 0 aromatic heterocycles. The molecule has 190 valence electrons. The summed E-state index contributed by atoms with van der Waals surface area (Å²) in [5.41, 5.74) is 0.329. The van der Waals surface area contributed by atoms with Gasteiger partial charge in [-0.3, -0.25) is 4.79 Å². The summed E-state index contributed by atoms with van der Waals surface area (Å²) in [5.74, 6) is 0.205. The maximum absolute atomic E-state index is 12.9. The first-order chi connectivity index (χ1) is 17.1. The summed E-state index contributed by atoms with van der Waals surface area (Å²) in [5, 5.41) is 7.31. The van der Waals surface area contributed by atoms with Gasteiger partial charge in [0, 0.05) is 18.6 Å². The van der Waals surface area contributed by atoms with E-state index in [0.717, 1.165) is 6.42 Å². The van der Waals surface area contributed by atoms with Crippen molar-refractivity contribution < 1.29 is 9.22 Å². The van der Waals surface area contributed by atoms with Crippen molar-refractivity contribution in [2.24, 2.45) is 5.92 Å². The third-order valence-electron chi connectivity index (χ3n) is 8.23. The highest BCUT2D eigenvalue weighted by atomic mass is 28.4. The zero-order valence-electron chi connectivity index (χ0n) is 22.6. The summed E-state index contributed by atoms with van der Waals surface area (Å²) in [7, 11) is -4.49. The number of hydrogen-bond acceptors (Lipinski definition) is 2. The minimum atomic E-state index is -2.59. The molecule has 0 bridgehead atoms. The first-order valence-electron chi connectivity index (χ1n) is 13.2. The second-order valence-electron chi connectivity index (χ2n) is 11.8. The number of hydrogen-bond donors (Lipinski definition) is 1. The van der Waals surface area contributed by atoms with Crippen LogP contribution in [0.1, 0.15) is 34.1 Å². The molecule has 5 heteroatoms. The topological polar surface area (TPSA) is 38.3 Å². The lowest BCUT2D eigenvalue weighted by Crippen LogP contribution is -2.66. The van der Waals surface area contributed by atoms with E-state index >= 15 is 0 Å². The lowest BCUT2D eigenvalue weighted by molar-refractivity contribution is -0.122. The molecule has 3 aromatic carbocycles. The monoisotopic (exact) mass is 515 g/mol. The zero-order chi connectivity index (χ0) is 26.0. The molecule has 1 aliphatic heterocycles. The quantitative estimate of drug-likeness (QED) is 0.425. The molecule has 1 heterocycles. The molecule has 1 aliphatic rings. The summed E-state index contributed by atoms with van der Waals surface area (Å²) in [6.07, 6.45) is 0.828. The number of amides is 1. The molecule has 1 N–H and O–H groups in total. The van der Waals surface area contributed by atoms with E-state index in [-0.39, 0.29) is 22.9 Å². The molecule has 3 nitrogen and oxygen atoms in total. The standard InChI is InChI=1S/C31H41NO2Si2/c1-24-29(35(5,6)25-16-10-7-11-17-25)28(32-30(24)33)22-23-34-36(31(2,3)4,26-18-12-8-13-19-26)27-20-14-9-15-21-27/h7-21,24,28-29H,22-23H2,1-6H3,(H,32,33)/t24-,28-,29+/m1/s1. The van der Waals surface area contributed by atoms with Crippen LogP contribution in [0.4, 0.5) is 0 Å². The number of rotatable bonds is 8. The molecule has 0 unspecified atom stereocenters. The van der Waals surface area contributed by atoms with Crippen LogP contribution in [0, 0.1) is 5.92 Å². The fourth-order valence-electron chi connectivity index (χ4n) is 6.46. The molecule has 1 saturated heterocycles. The van der Waals surface area contributed by atoms with E-state index in [0.29, 0.717) is 12.1 Å². The molecule has 3 aromatic rings. The fourth-order valence-corrected chi connectivity index (χ4v) is 15.1. The third-order valence-corrected chi connectivity index (χ3v) is 17.7. The Morgan fingerprint density at radius 1 is 0.778 bits per heavy atom. The Morgan fingerprint density at radius 2 is 1.22 bits per heavy atom. The molecule has 1 fully saturated rings. The molecular formula is C31H41NO2Si2.